The van der Waals surface area contributed by atoms with Gasteiger partial charge in [0.15, 0.2) is 11.8 Å². The molecule has 1 N–H and O–H groups in total. The lowest BCUT2D eigenvalue weighted by atomic mass is 9.95. The molecule has 2 heterocycles. The van der Waals surface area contributed by atoms with Gasteiger partial charge in [0, 0.05) is 17.3 Å². The van der Waals surface area contributed by atoms with Gasteiger partial charge in [0.1, 0.15) is 5.00 Å². The van der Waals surface area contributed by atoms with E-state index in [1.54, 1.807) is 6.92 Å². The molecule has 0 saturated carbocycles. The monoisotopic (exact) mass is 403 g/mol. The zero-order valence-corrected chi connectivity index (χ0v) is 16.5. The van der Waals surface area contributed by atoms with E-state index in [1.165, 1.54) is 36.9 Å². The van der Waals surface area contributed by atoms with Crippen molar-refractivity contribution < 1.29 is 23.9 Å². The van der Waals surface area contributed by atoms with Gasteiger partial charge < -0.3 is 14.8 Å². The fraction of sp³-hybridized carbons (Fsp3) is 0.421. The highest BCUT2D eigenvalue weighted by atomic mass is 32.1. The average Bonchev–Trinajstić information content (AvgIpc) is 3.06. The topological polar surface area (TPSA) is 107 Å². The molecular formula is C19H21N3O5S. The zero-order valence-electron chi connectivity index (χ0n) is 15.7. The van der Waals surface area contributed by atoms with Crippen molar-refractivity contribution >= 4 is 34.2 Å². The van der Waals surface area contributed by atoms with Crippen LogP contribution in [0.4, 0.5) is 5.00 Å². The summed E-state index contributed by atoms with van der Waals surface area (Å²) in [4.78, 5) is 45.8. The molecule has 1 unspecified atom stereocenters. The second-order valence-electron chi connectivity index (χ2n) is 6.26. The molecule has 1 aliphatic rings. The summed E-state index contributed by atoms with van der Waals surface area (Å²) >= 11 is 1.38. The molecule has 0 radical (unpaired) electrons. The summed E-state index contributed by atoms with van der Waals surface area (Å²) in [5.74, 6) is -1.71. The van der Waals surface area contributed by atoms with Gasteiger partial charge in [-0.1, -0.05) is 0 Å². The summed E-state index contributed by atoms with van der Waals surface area (Å²) in [6.07, 6.45) is 6.70. The molecule has 0 spiro atoms. The summed E-state index contributed by atoms with van der Waals surface area (Å²) in [6, 6.07) is 0. The molecule has 1 aliphatic carbocycles. The van der Waals surface area contributed by atoms with Gasteiger partial charge in [-0.2, -0.15) is 0 Å². The molecule has 2 aromatic heterocycles. The van der Waals surface area contributed by atoms with E-state index in [1.807, 2.05) is 0 Å². The molecule has 2 aromatic rings. The third kappa shape index (κ3) is 4.36. The number of anilines is 1. The van der Waals surface area contributed by atoms with E-state index in [2.05, 4.69) is 15.3 Å². The van der Waals surface area contributed by atoms with Gasteiger partial charge in [0.2, 0.25) is 0 Å². The highest BCUT2D eigenvalue weighted by Gasteiger charge is 2.29. The largest absolute Gasteiger partial charge is 0.462 e. The molecule has 148 valence electrons. The van der Waals surface area contributed by atoms with E-state index >= 15 is 0 Å². The molecule has 8 nitrogen and oxygen atoms in total. The Labute approximate surface area is 166 Å². The first kappa shape index (κ1) is 19.9. The van der Waals surface area contributed by atoms with Gasteiger partial charge >= 0.3 is 11.9 Å². The number of nitrogens with zero attached hydrogens (tertiary/aromatic N) is 2. The Morgan fingerprint density at radius 1 is 1.21 bits per heavy atom. The Kier molecular flexibility index (Phi) is 6.35. The van der Waals surface area contributed by atoms with Crippen LogP contribution in [0, 0.1) is 0 Å². The number of hydrogen-bond donors (Lipinski definition) is 1. The van der Waals surface area contributed by atoms with E-state index in [9.17, 15) is 14.4 Å². The van der Waals surface area contributed by atoms with Gasteiger partial charge in [0.05, 0.1) is 18.4 Å². The van der Waals surface area contributed by atoms with Crippen LogP contribution in [-0.2, 0) is 27.1 Å². The number of aromatic nitrogens is 2. The van der Waals surface area contributed by atoms with Crippen LogP contribution in [0.15, 0.2) is 18.6 Å². The first-order chi connectivity index (χ1) is 13.5. The summed E-state index contributed by atoms with van der Waals surface area (Å²) in [6.45, 7) is 3.45. The lowest BCUT2D eigenvalue weighted by Crippen LogP contribution is -2.30. The average molecular weight is 403 g/mol. The number of esters is 2. The molecule has 3 rings (SSSR count). The summed E-state index contributed by atoms with van der Waals surface area (Å²) in [5, 5.41) is 3.17. The molecule has 9 heteroatoms. The minimum absolute atomic E-state index is 0.0148. The third-order valence-corrected chi connectivity index (χ3v) is 5.52. The van der Waals surface area contributed by atoms with Crippen molar-refractivity contribution in [3.63, 3.8) is 0 Å². The Bertz CT molecular complexity index is 881. The third-order valence-electron chi connectivity index (χ3n) is 4.31. The summed E-state index contributed by atoms with van der Waals surface area (Å²) in [5.41, 5.74) is 1.39. The van der Waals surface area contributed by atoms with Crippen LogP contribution in [-0.4, -0.2) is 40.5 Å². The van der Waals surface area contributed by atoms with E-state index < -0.39 is 23.9 Å². The molecular weight excluding hydrogens is 382 g/mol. The minimum atomic E-state index is -1.07. The molecule has 0 bridgehead atoms. The molecule has 1 amide bonds. The second kappa shape index (κ2) is 8.92. The number of rotatable bonds is 6. The number of thiophene rings is 1. The molecule has 28 heavy (non-hydrogen) atoms. The quantitative estimate of drug-likeness (QED) is 0.739. The molecule has 0 saturated heterocycles. The number of nitrogens with one attached hydrogen (secondary N) is 1. The maximum atomic E-state index is 12.6. The van der Waals surface area contributed by atoms with Gasteiger partial charge in [-0.25, -0.2) is 14.6 Å². The van der Waals surface area contributed by atoms with Crippen LogP contribution in [0.1, 0.15) is 58.0 Å². The van der Waals surface area contributed by atoms with Crippen molar-refractivity contribution in [2.75, 3.05) is 11.9 Å². The smallest absolute Gasteiger partial charge is 0.359 e. The number of aryl methyl sites for hydroxylation is 1. The molecule has 0 fully saturated rings. The van der Waals surface area contributed by atoms with Crippen molar-refractivity contribution in [3.05, 3.63) is 40.3 Å². The van der Waals surface area contributed by atoms with Crippen molar-refractivity contribution in [2.24, 2.45) is 0 Å². The first-order valence-electron chi connectivity index (χ1n) is 9.10. The van der Waals surface area contributed by atoms with Crippen LogP contribution >= 0.6 is 11.3 Å². The van der Waals surface area contributed by atoms with Crippen molar-refractivity contribution in [1.29, 1.82) is 0 Å². The number of fused-ring (bicyclic) bond motifs is 1. The van der Waals surface area contributed by atoms with Crippen molar-refractivity contribution in [3.8, 4) is 0 Å². The minimum Gasteiger partial charge on any atom is -0.462 e. The Hall–Kier alpha value is -2.81. The van der Waals surface area contributed by atoms with E-state index in [-0.39, 0.29) is 12.3 Å². The lowest BCUT2D eigenvalue weighted by molar-refractivity contribution is -0.123. The maximum Gasteiger partial charge on any atom is 0.359 e. The Morgan fingerprint density at radius 3 is 2.71 bits per heavy atom. The van der Waals surface area contributed by atoms with Gasteiger partial charge in [-0.3, -0.25) is 9.78 Å². The standard InChI is InChI=1S/C19H21N3O5S/c1-3-26-19(25)15-12-6-4-5-7-14(12)28-17(15)22-16(23)11(2)27-18(24)13-10-20-8-9-21-13/h8-11H,3-7H2,1-2H3,(H,22,23). The Morgan fingerprint density at radius 2 is 2.00 bits per heavy atom. The number of amides is 1. The predicted octanol–water partition coefficient (Wildman–Crippen LogP) is 2.78. The SMILES string of the molecule is CCOC(=O)c1c(NC(=O)C(C)OC(=O)c2cnccn2)sc2c1CCCC2. The zero-order chi connectivity index (χ0) is 20.1. The van der Waals surface area contributed by atoms with E-state index in [0.29, 0.717) is 10.6 Å². The van der Waals surface area contributed by atoms with Crippen LogP contribution in [0.5, 0.6) is 0 Å². The Balaban J connectivity index is 1.75. The maximum absolute atomic E-state index is 12.6. The summed E-state index contributed by atoms with van der Waals surface area (Å²) in [7, 11) is 0. The van der Waals surface area contributed by atoms with Crippen LogP contribution < -0.4 is 5.32 Å². The highest BCUT2D eigenvalue weighted by Crippen LogP contribution is 2.38. The number of ether oxygens (including phenoxy) is 2. The predicted molar refractivity (Wildman–Crippen MR) is 102 cm³/mol. The fourth-order valence-corrected chi connectivity index (χ4v) is 4.25. The van der Waals surface area contributed by atoms with Crippen LogP contribution in [0.3, 0.4) is 0 Å². The number of carbonyl (C=O) groups is 3. The highest BCUT2D eigenvalue weighted by molar-refractivity contribution is 7.17. The van der Waals surface area contributed by atoms with Gasteiger partial charge in [0.25, 0.3) is 5.91 Å². The number of carbonyl (C=O) groups excluding carboxylic acids is 3. The fourth-order valence-electron chi connectivity index (χ4n) is 2.97. The molecule has 0 aromatic carbocycles. The normalized spacial score (nSPS) is 13.9. The molecule has 1 atom stereocenters. The van der Waals surface area contributed by atoms with E-state index in [0.717, 1.165) is 36.1 Å². The molecule has 0 aliphatic heterocycles. The van der Waals surface area contributed by atoms with Crippen molar-refractivity contribution in [1.82, 2.24) is 9.97 Å². The van der Waals surface area contributed by atoms with E-state index in [4.69, 9.17) is 9.47 Å². The summed E-state index contributed by atoms with van der Waals surface area (Å²) < 4.78 is 10.3. The second-order valence-corrected chi connectivity index (χ2v) is 7.37. The first-order valence-corrected chi connectivity index (χ1v) is 9.92. The van der Waals surface area contributed by atoms with Gasteiger partial charge in [-0.15, -0.1) is 11.3 Å². The van der Waals surface area contributed by atoms with Crippen LogP contribution in [0.2, 0.25) is 0 Å². The van der Waals surface area contributed by atoms with Crippen molar-refractivity contribution in [2.45, 2.75) is 45.6 Å². The lowest BCUT2D eigenvalue weighted by Gasteiger charge is -2.14. The van der Waals surface area contributed by atoms with Crippen LogP contribution in [0.25, 0.3) is 0 Å². The number of hydrogen-bond acceptors (Lipinski definition) is 8. The van der Waals surface area contributed by atoms with Gasteiger partial charge in [-0.05, 0) is 45.1 Å².